The molecule has 16 heavy (non-hydrogen) atoms. The lowest BCUT2D eigenvalue weighted by Crippen LogP contribution is -2.29. The summed E-state index contributed by atoms with van der Waals surface area (Å²) in [5.74, 6) is 0. The van der Waals surface area contributed by atoms with E-state index in [4.69, 9.17) is 9.47 Å². The fourth-order valence-electron chi connectivity index (χ4n) is 1.62. The third-order valence-electron chi connectivity index (χ3n) is 2.58. The van der Waals surface area contributed by atoms with E-state index < -0.39 is 0 Å². The molecule has 1 aromatic carbocycles. The minimum atomic E-state index is 0.637. The molecule has 0 saturated heterocycles. The number of methoxy groups -OCH3 is 2. The summed E-state index contributed by atoms with van der Waals surface area (Å²) in [4.78, 5) is 2.23. The van der Waals surface area contributed by atoms with E-state index in [1.165, 1.54) is 11.1 Å². The molecule has 0 heterocycles. The molecule has 0 atom stereocenters. The van der Waals surface area contributed by atoms with Crippen molar-refractivity contribution >= 4 is 0 Å². The first-order valence-corrected chi connectivity index (χ1v) is 5.52. The van der Waals surface area contributed by atoms with Crippen molar-refractivity contribution in [2.75, 3.05) is 34.1 Å². The van der Waals surface area contributed by atoms with Crippen LogP contribution in [0.5, 0.6) is 0 Å². The lowest BCUT2D eigenvalue weighted by atomic mass is 10.1. The van der Waals surface area contributed by atoms with E-state index in [9.17, 15) is 0 Å². The molecule has 0 spiro atoms. The first-order valence-electron chi connectivity index (χ1n) is 5.52. The van der Waals surface area contributed by atoms with Gasteiger partial charge < -0.3 is 9.47 Å². The summed E-state index contributed by atoms with van der Waals surface area (Å²) >= 11 is 0. The van der Waals surface area contributed by atoms with E-state index in [0.29, 0.717) is 6.73 Å². The number of ether oxygens (including phenoxy) is 2. The summed E-state index contributed by atoms with van der Waals surface area (Å²) in [7, 11) is 3.44. The Bertz CT molecular complexity index is 302. The minimum Gasteiger partial charge on any atom is -0.383 e. The van der Waals surface area contributed by atoms with Gasteiger partial charge in [-0.15, -0.1) is 0 Å². The number of rotatable bonds is 7. The van der Waals surface area contributed by atoms with Crippen molar-refractivity contribution in [3.63, 3.8) is 0 Å². The largest absolute Gasteiger partial charge is 0.383 e. The van der Waals surface area contributed by atoms with Gasteiger partial charge in [0.1, 0.15) is 0 Å². The molecule has 0 aromatic heterocycles. The Kier molecular flexibility index (Phi) is 6.08. The monoisotopic (exact) mass is 223 g/mol. The average molecular weight is 223 g/mol. The zero-order valence-corrected chi connectivity index (χ0v) is 10.4. The SMILES string of the molecule is COCCN(COC)Cc1ccccc1C. The van der Waals surface area contributed by atoms with Gasteiger partial charge in [0.05, 0.1) is 13.3 Å². The Morgan fingerprint density at radius 1 is 1.12 bits per heavy atom. The van der Waals surface area contributed by atoms with E-state index in [0.717, 1.165) is 19.7 Å². The van der Waals surface area contributed by atoms with Crippen LogP contribution in [0, 0.1) is 6.92 Å². The van der Waals surface area contributed by atoms with Crippen LogP contribution in [0.15, 0.2) is 24.3 Å². The summed E-state index contributed by atoms with van der Waals surface area (Å²) in [6.07, 6.45) is 0. The molecule has 0 amide bonds. The van der Waals surface area contributed by atoms with E-state index in [1.54, 1.807) is 14.2 Å². The maximum absolute atomic E-state index is 5.18. The molecule has 0 aliphatic carbocycles. The van der Waals surface area contributed by atoms with Gasteiger partial charge in [0.15, 0.2) is 0 Å². The molecule has 0 saturated carbocycles. The molecule has 90 valence electrons. The Labute approximate surface area is 98.0 Å². The van der Waals surface area contributed by atoms with Crippen LogP contribution in [0.25, 0.3) is 0 Å². The fourth-order valence-corrected chi connectivity index (χ4v) is 1.62. The van der Waals surface area contributed by atoms with Crippen molar-refractivity contribution in [1.82, 2.24) is 4.90 Å². The van der Waals surface area contributed by atoms with Crippen molar-refractivity contribution in [2.45, 2.75) is 13.5 Å². The lowest BCUT2D eigenvalue weighted by molar-refractivity contribution is 0.0388. The first-order chi connectivity index (χ1) is 7.77. The Balaban J connectivity index is 2.56. The van der Waals surface area contributed by atoms with Gasteiger partial charge in [0.25, 0.3) is 0 Å². The van der Waals surface area contributed by atoms with Crippen molar-refractivity contribution in [1.29, 1.82) is 0 Å². The van der Waals surface area contributed by atoms with Crippen LogP contribution in [0.1, 0.15) is 11.1 Å². The lowest BCUT2D eigenvalue weighted by Gasteiger charge is -2.21. The van der Waals surface area contributed by atoms with E-state index in [1.807, 2.05) is 0 Å². The molecule has 3 heteroatoms. The van der Waals surface area contributed by atoms with Crippen molar-refractivity contribution in [2.24, 2.45) is 0 Å². The fraction of sp³-hybridized carbons (Fsp3) is 0.538. The standard InChI is InChI=1S/C13H21NO2/c1-12-6-4-5-7-13(12)10-14(11-16-3)8-9-15-2/h4-7H,8-11H2,1-3H3. The molecule has 0 N–H and O–H groups in total. The highest BCUT2D eigenvalue weighted by Crippen LogP contribution is 2.10. The van der Waals surface area contributed by atoms with Gasteiger partial charge in [-0.2, -0.15) is 0 Å². The molecule has 0 aliphatic rings. The average Bonchev–Trinajstić information content (AvgIpc) is 2.29. The number of nitrogens with zero attached hydrogens (tertiary/aromatic N) is 1. The highest BCUT2D eigenvalue weighted by molar-refractivity contribution is 5.25. The van der Waals surface area contributed by atoms with E-state index >= 15 is 0 Å². The minimum absolute atomic E-state index is 0.637. The van der Waals surface area contributed by atoms with Crippen LogP contribution in [-0.4, -0.2) is 39.0 Å². The molecule has 3 nitrogen and oxygen atoms in total. The summed E-state index contributed by atoms with van der Waals surface area (Å²) in [6.45, 7) is 5.30. The Hall–Kier alpha value is -0.900. The highest BCUT2D eigenvalue weighted by Gasteiger charge is 2.06. The second-order valence-corrected chi connectivity index (χ2v) is 3.89. The molecule has 0 bridgehead atoms. The van der Waals surface area contributed by atoms with Gasteiger partial charge in [0, 0.05) is 27.3 Å². The first kappa shape index (κ1) is 13.2. The van der Waals surface area contributed by atoms with Crippen LogP contribution in [0.3, 0.4) is 0 Å². The molecule has 0 fully saturated rings. The Morgan fingerprint density at radius 3 is 2.50 bits per heavy atom. The number of aryl methyl sites for hydroxylation is 1. The summed E-state index contributed by atoms with van der Waals surface area (Å²) in [5, 5.41) is 0. The van der Waals surface area contributed by atoms with Gasteiger partial charge in [0.2, 0.25) is 0 Å². The smallest absolute Gasteiger partial charge is 0.0990 e. The Morgan fingerprint density at radius 2 is 1.88 bits per heavy atom. The maximum atomic E-state index is 5.18. The van der Waals surface area contributed by atoms with Gasteiger partial charge >= 0.3 is 0 Å². The van der Waals surface area contributed by atoms with Gasteiger partial charge in [-0.25, -0.2) is 0 Å². The van der Waals surface area contributed by atoms with Crippen LogP contribution < -0.4 is 0 Å². The summed E-state index contributed by atoms with van der Waals surface area (Å²) in [5.41, 5.74) is 2.66. The van der Waals surface area contributed by atoms with Crippen LogP contribution in [0.4, 0.5) is 0 Å². The molecular weight excluding hydrogens is 202 g/mol. The van der Waals surface area contributed by atoms with Crippen molar-refractivity contribution < 1.29 is 9.47 Å². The predicted molar refractivity (Wildman–Crippen MR) is 65.3 cm³/mol. The topological polar surface area (TPSA) is 21.7 Å². The molecule has 0 unspecified atom stereocenters. The maximum Gasteiger partial charge on any atom is 0.0990 e. The molecule has 0 aliphatic heterocycles. The number of hydrogen-bond donors (Lipinski definition) is 0. The second-order valence-electron chi connectivity index (χ2n) is 3.89. The second kappa shape index (κ2) is 7.39. The van der Waals surface area contributed by atoms with Gasteiger partial charge in [-0.3, -0.25) is 4.90 Å². The zero-order valence-electron chi connectivity index (χ0n) is 10.4. The van der Waals surface area contributed by atoms with Gasteiger partial charge in [-0.1, -0.05) is 24.3 Å². The van der Waals surface area contributed by atoms with Crippen LogP contribution in [0.2, 0.25) is 0 Å². The van der Waals surface area contributed by atoms with Gasteiger partial charge in [-0.05, 0) is 18.1 Å². The zero-order chi connectivity index (χ0) is 11.8. The van der Waals surface area contributed by atoms with E-state index in [-0.39, 0.29) is 0 Å². The molecular formula is C13H21NO2. The number of hydrogen-bond acceptors (Lipinski definition) is 3. The van der Waals surface area contributed by atoms with Crippen LogP contribution >= 0.6 is 0 Å². The highest BCUT2D eigenvalue weighted by atomic mass is 16.5. The summed E-state index contributed by atoms with van der Waals surface area (Å²) in [6, 6.07) is 8.43. The van der Waals surface area contributed by atoms with Crippen LogP contribution in [-0.2, 0) is 16.0 Å². The quantitative estimate of drug-likeness (QED) is 0.660. The van der Waals surface area contributed by atoms with Crippen molar-refractivity contribution in [3.8, 4) is 0 Å². The number of benzene rings is 1. The third-order valence-corrected chi connectivity index (χ3v) is 2.58. The van der Waals surface area contributed by atoms with E-state index in [2.05, 4.69) is 36.1 Å². The normalized spacial score (nSPS) is 11.0. The molecule has 1 aromatic rings. The predicted octanol–water partition coefficient (Wildman–Crippen LogP) is 2.05. The summed E-state index contributed by atoms with van der Waals surface area (Å²) < 4.78 is 10.3. The third kappa shape index (κ3) is 4.31. The molecule has 1 rings (SSSR count). The van der Waals surface area contributed by atoms with Crippen molar-refractivity contribution in [3.05, 3.63) is 35.4 Å². The molecule has 0 radical (unpaired) electrons.